The van der Waals surface area contributed by atoms with Crippen molar-refractivity contribution in [3.63, 3.8) is 0 Å². The van der Waals surface area contributed by atoms with Gasteiger partial charge in [0.05, 0.1) is 0 Å². The molecule has 1 unspecified atom stereocenters. The molecule has 1 rings (SSSR count). The van der Waals surface area contributed by atoms with E-state index in [2.05, 4.69) is 32.9 Å². The lowest BCUT2D eigenvalue weighted by molar-refractivity contribution is -0.134. The third-order valence-electron chi connectivity index (χ3n) is 3.51. The average Bonchev–Trinajstić information content (AvgIpc) is 2.22. The molecule has 1 atom stereocenters. The molecule has 0 heterocycles. The number of methoxy groups -OCH3 is 1. The fourth-order valence-electron chi connectivity index (χ4n) is 2.72. The summed E-state index contributed by atoms with van der Waals surface area (Å²) in [7, 11) is 1.61. The molecule has 0 saturated heterocycles. The summed E-state index contributed by atoms with van der Waals surface area (Å²) in [6, 6.07) is 4.27. The molecule has 0 amide bonds. The van der Waals surface area contributed by atoms with E-state index < -0.39 is 0 Å². The van der Waals surface area contributed by atoms with Gasteiger partial charge in [-0.2, -0.15) is 0 Å². The normalized spacial score (nSPS) is 13.4. The number of hydrogen-bond donors (Lipinski definition) is 0. The Labute approximate surface area is 117 Å². The van der Waals surface area contributed by atoms with Crippen molar-refractivity contribution in [2.45, 2.75) is 54.1 Å². The van der Waals surface area contributed by atoms with Gasteiger partial charge in [0.2, 0.25) is 0 Å². The van der Waals surface area contributed by atoms with Gasteiger partial charge < -0.3 is 4.74 Å². The number of rotatable bonds is 4. The van der Waals surface area contributed by atoms with Gasteiger partial charge in [-0.05, 0) is 42.9 Å². The lowest BCUT2D eigenvalue weighted by Crippen LogP contribution is -2.37. The molecule has 0 fully saturated rings. The summed E-state index contributed by atoms with van der Waals surface area (Å²) < 4.78 is 5.40. The van der Waals surface area contributed by atoms with Crippen molar-refractivity contribution in [1.82, 2.24) is 0 Å². The smallest absolute Gasteiger partial charge is 0.166 e. The quantitative estimate of drug-likeness (QED) is 0.825. The van der Waals surface area contributed by atoms with Gasteiger partial charge in [0, 0.05) is 13.5 Å². The summed E-state index contributed by atoms with van der Waals surface area (Å²) in [6.45, 7) is 12.3. The van der Waals surface area contributed by atoms with Crippen molar-refractivity contribution in [2.75, 3.05) is 7.11 Å². The molecule has 0 aliphatic carbocycles. The SMILES string of the molecule is COC(C(=O)Cc1c(C)cc(C)cc1C)C(C)(C)C. The number of aryl methyl sites for hydroxylation is 3. The molecular weight excluding hydrogens is 236 g/mol. The highest BCUT2D eigenvalue weighted by atomic mass is 16.5. The Morgan fingerprint density at radius 3 is 2.00 bits per heavy atom. The van der Waals surface area contributed by atoms with E-state index in [0.29, 0.717) is 6.42 Å². The first-order valence-corrected chi connectivity index (χ1v) is 6.79. The van der Waals surface area contributed by atoms with Gasteiger partial charge in [-0.1, -0.05) is 38.5 Å². The van der Waals surface area contributed by atoms with E-state index in [0.717, 1.165) is 5.56 Å². The molecule has 0 saturated carbocycles. The minimum atomic E-state index is -0.354. The van der Waals surface area contributed by atoms with Crippen molar-refractivity contribution in [1.29, 1.82) is 0 Å². The minimum Gasteiger partial charge on any atom is -0.373 e. The number of hydrogen-bond acceptors (Lipinski definition) is 2. The van der Waals surface area contributed by atoms with Crippen LogP contribution in [-0.2, 0) is 16.0 Å². The van der Waals surface area contributed by atoms with Crippen LogP contribution >= 0.6 is 0 Å². The summed E-state index contributed by atoms with van der Waals surface area (Å²) in [5.41, 5.74) is 4.59. The van der Waals surface area contributed by atoms with Crippen LogP contribution in [0.3, 0.4) is 0 Å². The number of ketones is 1. The number of carbonyl (C=O) groups excluding carboxylic acids is 1. The number of carbonyl (C=O) groups is 1. The predicted octanol–water partition coefficient (Wildman–Crippen LogP) is 3.78. The Balaban J connectivity index is 3.00. The molecule has 0 aromatic heterocycles. The maximum absolute atomic E-state index is 12.5. The molecule has 19 heavy (non-hydrogen) atoms. The highest BCUT2D eigenvalue weighted by Crippen LogP contribution is 2.25. The monoisotopic (exact) mass is 262 g/mol. The topological polar surface area (TPSA) is 26.3 Å². The van der Waals surface area contributed by atoms with Crippen LogP contribution in [0.5, 0.6) is 0 Å². The van der Waals surface area contributed by atoms with Gasteiger partial charge in [0.15, 0.2) is 5.78 Å². The number of benzene rings is 1. The Bertz CT molecular complexity index is 444. The molecular formula is C17H26O2. The standard InChI is InChI=1S/C17H26O2/c1-11-8-12(2)14(13(3)9-11)10-15(18)16(19-7)17(4,5)6/h8-9,16H,10H2,1-7H3. The van der Waals surface area contributed by atoms with Crippen LogP contribution in [0.25, 0.3) is 0 Å². The third-order valence-corrected chi connectivity index (χ3v) is 3.51. The molecule has 1 aromatic carbocycles. The summed E-state index contributed by atoms with van der Waals surface area (Å²) in [6.07, 6.45) is 0.0980. The molecule has 106 valence electrons. The Hall–Kier alpha value is -1.15. The zero-order chi connectivity index (χ0) is 14.8. The Morgan fingerprint density at radius 2 is 1.63 bits per heavy atom. The number of Topliss-reactive ketones (excluding diaryl/α,β-unsaturated/α-hetero) is 1. The van der Waals surface area contributed by atoms with Gasteiger partial charge in [0.1, 0.15) is 6.10 Å². The molecule has 1 aromatic rings. The lowest BCUT2D eigenvalue weighted by Gasteiger charge is -2.28. The second kappa shape index (κ2) is 5.87. The van der Waals surface area contributed by atoms with E-state index in [1.807, 2.05) is 20.8 Å². The predicted molar refractivity (Wildman–Crippen MR) is 79.6 cm³/mol. The molecule has 0 radical (unpaired) electrons. The molecule has 0 spiro atoms. The van der Waals surface area contributed by atoms with Crippen LogP contribution in [0.15, 0.2) is 12.1 Å². The second-order valence-electron chi connectivity index (χ2n) is 6.50. The van der Waals surface area contributed by atoms with Gasteiger partial charge in [-0.15, -0.1) is 0 Å². The maximum Gasteiger partial charge on any atom is 0.166 e. The van der Waals surface area contributed by atoms with Crippen molar-refractivity contribution in [2.24, 2.45) is 5.41 Å². The zero-order valence-corrected chi connectivity index (χ0v) is 13.3. The summed E-state index contributed by atoms with van der Waals surface area (Å²) in [5.74, 6) is 0.157. The van der Waals surface area contributed by atoms with Crippen molar-refractivity contribution >= 4 is 5.78 Å². The summed E-state index contributed by atoms with van der Waals surface area (Å²) >= 11 is 0. The zero-order valence-electron chi connectivity index (χ0n) is 13.3. The van der Waals surface area contributed by atoms with E-state index in [1.165, 1.54) is 16.7 Å². The van der Waals surface area contributed by atoms with E-state index in [4.69, 9.17) is 4.74 Å². The van der Waals surface area contributed by atoms with Crippen LogP contribution in [0.2, 0.25) is 0 Å². The van der Waals surface area contributed by atoms with Crippen LogP contribution < -0.4 is 0 Å². The van der Waals surface area contributed by atoms with Crippen molar-refractivity contribution in [3.8, 4) is 0 Å². The summed E-state index contributed by atoms with van der Waals surface area (Å²) in [4.78, 5) is 12.5. The summed E-state index contributed by atoms with van der Waals surface area (Å²) in [5, 5.41) is 0. The average molecular weight is 262 g/mol. The molecule has 0 bridgehead atoms. The molecule has 0 N–H and O–H groups in total. The van der Waals surface area contributed by atoms with E-state index in [-0.39, 0.29) is 17.3 Å². The highest BCUT2D eigenvalue weighted by molar-refractivity contribution is 5.86. The van der Waals surface area contributed by atoms with E-state index in [1.54, 1.807) is 7.11 Å². The minimum absolute atomic E-state index is 0.157. The maximum atomic E-state index is 12.5. The first kappa shape index (κ1) is 15.9. The first-order chi connectivity index (χ1) is 8.66. The Kier molecular flexibility index (Phi) is 4.92. The largest absolute Gasteiger partial charge is 0.373 e. The van der Waals surface area contributed by atoms with E-state index in [9.17, 15) is 4.79 Å². The van der Waals surface area contributed by atoms with Crippen LogP contribution in [0.4, 0.5) is 0 Å². The van der Waals surface area contributed by atoms with Crippen LogP contribution in [0, 0.1) is 26.2 Å². The molecule has 2 nitrogen and oxygen atoms in total. The van der Waals surface area contributed by atoms with Crippen LogP contribution in [-0.4, -0.2) is 19.0 Å². The molecule has 0 aliphatic rings. The van der Waals surface area contributed by atoms with Gasteiger partial charge in [-0.25, -0.2) is 0 Å². The molecule has 0 aliphatic heterocycles. The first-order valence-electron chi connectivity index (χ1n) is 6.79. The lowest BCUT2D eigenvalue weighted by atomic mass is 9.83. The Morgan fingerprint density at radius 1 is 1.16 bits per heavy atom. The van der Waals surface area contributed by atoms with Crippen LogP contribution in [0.1, 0.15) is 43.0 Å². The fraction of sp³-hybridized carbons (Fsp3) is 0.588. The van der Waals surface area contributed by atoms with Crippen molar-refractivity contribution < 1.29 is 9.53 Å². The van der Waals surface area contributed by atoms with E-state index >= 15 is 0 Å². The fourth-order valence-corrected chi connectivity index (χ4v) is 2.72. The second-order valence-corrected chi connectivity index (χ2v) is 6.50. The van der Waals surface area contributed by atoms with Gasteiger partial charge >= 0.3 is 0 Å². The third kappa shape index (κ3) is 3.90. The number of ether oxygens (including phenoxy) is 1. The molecule has 2 heteroatoms. The van der Waals surface area contributed by atoms with Gasteiger partial charge in [0.25, 0.3) is 0 Å². The van der Waals surface area contributed by atoms with Gasteiger partial charge in [-0.3, -0.25) is 4.79 Å². The van der Waals surface area contributed by atoms with Crippen molar-refractivity contribution in [3.05, 3.63) is 34.4 Å². The highest BCUT2D eigenvalue weighted by Gasteiger charge is 2.31.